The molecule has 1 aromatic heterocycles. The van der Waals surface area contributed by atoms with Crippen LogP contribution in [0.3, 0.4) is 0 Å². The van der Waals surface area contributed by atoms with Crippen molar-refractivity contribution in [3.8, 4) is 0 Å². The van der Waals surface area contributed by atoms with E-state index in [4.69, 9.17) is 9.73 Å². The van der Waals surface area contributed by atoms with Crippen LogP contribution in [0.15, 0.2) is 41.7 Å². The molecule has 134 valence electrons. The minimum Gasteiger partial charge on any atom is -0.370 e. The molecule has 2 aromatic rings. The van der Waals surface area contributed by atoms with Gasteiger partial charge in [0.15, 0.2) is 5.96 Å². The molecule has 1 N–H and O–H groups in total. The van der Waals surface area contributed by atoms with E-state index in [0.29, 0.717) is 13.2 Å². The standard InChI is InChI=1S/C19H27N5O/c1-4-20-19(21-11-16-7-5-15(2)6-8-16)24-9-10-25-18(14-24)17-12-22-23(3)13-17/h5-8,12-13,18H,4,9-11,14H2,1-3H3,(H,20,21). The van der Waals surface area contributed by atoms with Gasteiger partial charge in [0.1, 0.15) is 6.10 Å². The zero-order valence-electron chi connectivity index (χ0n) is 15.3. The maximum atomic E-state index is 5.93. The summed E-state index contributed by atoms with van der Waals surface area (Å²) in [6.07, 6.45) is 3.93. The Labute approximate surface area is 149 Å². The van der Waals surface area contributed by atoms with Gasteiger partial charge >= 0.3 is 0 Å². The van der Waals surface area contributed by atoms with Crippen molar-refractivity contribution in [2.75, 3.05) is 26.2 Å². The fraction of sp³-hybridized carbons (Fsp3) is 0.474. The Morgan fingerprint density at radius 3 is 2.84 bits per heavy atom. The second kappa shape index (κ2) is 8.16. The van der Waals surface area contributed by atoms with Crippen LogP contribution in [0.5, 0.6) is 0 Å². The first-order valence-electron chi connectivity index (χ1n) is 8.84. The molecule has 1 unspecified atom stereocenters. The van der Waals surface area contributed by atoms with E-state index >= 15 is 0 Å². The average molecular weight is 341 g/mol. The summed E-state index contributed by atoms with van der Waals surface area (Å²) < 4.78 is 7.75. The van der Waals surface area contributed by atoms with E-state index in [1.54, 1.807) is 0 Å². The van der Waals surface area contributed by atoms with E-state index in [1.165, 1.54) is 11.1 Å². The van der Waals surface area contributed by atoms with Crippen LogP contribution in [0.2, 0.25) is 0 Å². The number of hydrogen-bond donors (Lipinski definition) is 1. The maximum absolute atomic E-state index is 5.93. The summed E-state index contributed by atoms with van der Waals surface area (Å²) in [5.74, 6) is 0.945. The fourth-order valence-corrected chi connectivity index (χ4v) is 2.94. The van der Waals surface area contributed by atoms with E-state index in [-0.39, 0.29) is 6.10 Å². The zero-order chi connectivity index (χ0) is 17.6. The number of rotatable bonds is 4. The highest BCUT2D eigenvalue weighted by molar-refractivity contribution is 5.80. The van der Waals surface area contributed by atoms with Gasteiger partial charge in [0.2, 0.25) is 0 Å². The molecule has 0 aliphatic carbocycles. The van der Waals surface area contributed by atoms with Crippen molar-refractivity contribution in [2.24, 2.45) is 12.0 Å². The van der Waals surface area contributed by atoms with Crippen molar-refractivity contribution in [1.82, 2.24) is 20.0 Å². The van der Waals surface area contributed by atoms with E-state index in [0.717, 1.165) is 31.2 Å². The smallest absolute Gasteiger partial charge is 0.194 e. The predicted molar refractivity (Wildman–Crippen MR) is 99.5 cm³/mol. The first-order valence-corrected chi connectivity index (χ1v) is 8.84. The summed E-state index contributed by atoms with van der Waals surface area (Å²) in [4.78, 5) is 7.10. The number of hydrogen-bond acceptors (Lipinski definition) is 3. The molecule has 0 amide bonds. The average Bonchev–Trinajstić information content (AvgIpc) is 3.07. The molecule has 1 fully saturated rings. The SMILES string of the molecule is CCNC(=NCc1ccc(C)cc1)N1CCOC(c2cnn(C)c2)C1. The molecule has 0 saturated carbocycles. The fourth-order valence-electron chi connectivity index (χ4n) is 2.94. The highest BCUT2D eigenvalue weighted by atomic mass is 16.5. The third-order valence-electron chi connectivity index (χ3n) is 4.33. The number of benzene rings is 1. The third-order valence-corrected chi connectivity index (χ3v) is 4.33. The third kappa shape index (κ3) is 4.60. The molecule has 1 aromatic carbocycles. The highest BCUT2D eigenvalue weighted by Crippen LogP contribution is 2.21. The molecular formula is C19H27N5O. The number of aromatic nitrogens is 2. The van der Waals surface area contributed by atoms with Crippen LogP contribution >= 0.6 is 0 Å². The molecule has 1 atom stereocenters. The largest absolute Gasteiger partial charge is 0.370 e. The van der Waals surface area contributed by atoms with Crippen LogP contribution in [-0.2, 0) is 18.3 Å². The summed E-state index contributed by atoms with van der Waals surface area (Å²) in [5.41, 5.74) is 3.60. The van der Waals surface area contributed by atoms with Gasteiger partial charge in [-0.05, 0) is 19.4 Å². The number of aliphatic imine (C=N–C) groups is 1. The molecule has 0 spiro atoms. The van der Waals surface area contributed by atoms with Crippen molar-refractivity contribution in [1.29, 1.82) is 0 Å². The van der Waals surface area contributed by atoms with Crippen molar-refractivity contribution in [2.45, 2.75) is 26.5 Å². The normalized spacial score (nSPS) is 18.4. The van der Waals surface area contributed by atoms with Crippen molar-refractivity contribution >= 4 is 5.96 Å². The number of morpholine rings is 1. The minimum absolute atomic E-state index is 0.0330. The number of guanidine groups is 1. The maximum Gasteiger partial charge on any atom is 0.194 e. The number of nitrogens with zero attached hydrogens (tertiary/aromatic N) is 4. The first-order chi connectivity index (χ1) is 12.2. The molecule has 2 heterocycles. The summed E-state index contributed by atoms with van der Waals surface area (Å²) in [6.45, 7) is 8.04. The topological polar surface area (TPSA) is 54.7 Å². The van der Waals surface area contributed by atoms with Gasteiger partial charge in [-0.25, -0.2) is 4.99 Å². The van der Waals surface area contributed by atoms with Gasteiger partial charge in [0.05, 0.1) is 25.9 Å². The molecule has 1 saturated heterocycles. The summed E-state index contributed by atoms with van der Waals surface area (Å²) in [6, 6.07) is 8.54. The molecule has 25 heavy (non-hydrogen) atoms. The molecule has 1 aliphatic rings. The Morgan fingerprint density at radius 2 is 2.16 bits per heavy atom. The van der Waals surface area contributed by atoms with Gasteiger partial charge in [0.25, 0.3) is 0 Å². The van der Waals surface area contributed by atoms with Gasteiger partial charge in [-0.3, -0.25) is 4.68 Å². The monoisotopic (exact) mass is 341 g/mol. The molecular weight excluding hydrogens is 314 g/mol. The van der Waals surface area contributed by atoms with Gasteiger partial charge < -0.3 is 15.0 Å². The highest BCUT2D eigenvalue weighted by Gasteiger charge is 2.25. The Kier molecular flexibility index (Phi) is 5.71. The lowest BCUT2D eigenvalue weighted by Gasteiger charge is -2.34. The van der Waals surface area contributed by atoms with Gasteiger partial charge in [0, 0.05) is 31.9 Å². The molecule has 6 heteroatoms. The summed E-state index contributed by atoms with van der Waals surface area (Å²) >= 11 is 0. The van der Waals surface area contributed by atoms with Gasteiger partial charge in [-0.1, -0.05) is 29.8 Å². The van der Waals surface area contributed by atoms with Crippen molar-refractivity contribution in [3.05, 3.63) is 53.3 Å². The van der Waals surface area contributed by atoms with Crippen LogP contribution in [0.25, 0.3) is 0 Å². The lowest BCUT2D eigenvalue weighted by atomic mass is 10.1. The van der Waals surface area contributed by atoms with Gasteiger partial charge in [-0.15, -0.1) is 0 Å². The van der Waals surface area contributed by atoms with E-state index in [9.17, 15) is 0 Å². The lowest BCUT2D eigenvalue weighted by Crippen LogP contribution is -2.48. The molecule has 1 aliphatic heterocycles. The zero-order valence-corrected chi connectivity index (χ0v) is 15.3. The van der Waals surface area contributed by atoms with Crippen LogP contribution < -0.4 is 5.32 Å². The Morgan fingerprint density at radius 1 is 1.36 bits per heavy atom. The van der Waals surface area contributed by atoms with E-state index in [2.05, 4.69) is 53.4 Å². The van der Waals surface area contributed by atoms with Crippen LogP contribution in [0.4, 0.5) is 0 Å². The minimum atomic E-state index is 0.0330. The first kappa shape index (κ1) is 17.5. The number of aryl methyl sites for hydroxylation is 2. The van der Waals surface area contributed by atoms with Gasteiger partial charge in [-0.2, -0.15) is 5.10 Å². The van der Waals surface area contributed by atoms with Crippen LogP contribution in [0, 0.1) is 6.92 Å². The van der Waals surface area contributed by atoms with E-state index in [1.807, 2.05) is 24.1 Å². The summed E-state index contributed by atoms with van der Waals surface area (Å²) in [7, 11) is 1.93. The second-order valence-electron chi connectivity index (χ2n) is 6.41. The van der Waals surface area contributed by atoms with Crippen molar-refractivity contribution in [3.63, 3.8) is 0 Å². The Hall–Kier alpha value is -2.34. The quantitative estimate of drug-likeness (QED) is 0.685. The lowest BCUT2D eigenvalue weighted by molar-refractivity contribution is -0.00805. The molecule has 0 bridgehead atoms. The Balaban J connectivity index is 1.70. The number of ether oxygens (including phenoxy) is 1. The van der Waals surface area contributed by atoms with Crippen molar-refractivity contribution < 1.29 is 4.74 Å². The molecule has 3 rings (SSSR count). The van der Waals surface area contributed by atoms with Crippen LogP contribution in [0.1, 0.15) is 29.7 Å². The molecule has 0 radical (unpaired) electrons. The second-order valence-corrected chi connectivity index (χ2v) is 6.41. The molecule has 6 nitrogen and oxygen atoms in total. The number of nitrogens with one attached hydrogen (secondary N) is 1. The predicted octanol–water partition coefficient (Wildman–Crippen LogP) is 2.27. The Bertz CT molecular complexity index is 707. The summed E-state index contributed by atoms with van der Waals surface area (Å²) in [5, 5.41) is 7.66. The van der Waals surface area contributed by atoms with E-state index < -0.39 is 0 Å². The van der Waals surface area contributed by atoms with Crippen LogP contribution in [-0.4, -0.2) is 46.9 Å².